The molecule has 0 bridgehead atoms. The van der Waals surface area contributed by atoms with Gasteiger partial charge in [0.25, 0.3) is 17.6 Å². The Bertz CT molecular complexity index is 1500. The van der Waals surface area contributed by atoms with Gasteiger partial charge in [0.2, 0.25) is 10.0 Å². The van der Waals surface area contributed by atoms with Crippen molar-refractivity contribution < 1.29 is 32.6 Å². The van der Waals surface area contributed by atoms with E-state index in [2.05, 4.69) is 0 Å². The molecule has 212 valence electrons. The highest BCUT2D eigenvalue weighted by Crippen LogP contribution is 2.53. The molecule has 11 nitrogen and oxygen atoms in total. The van der Waals surface area contributed by atoms with Crippen molar-refractivity contribution in [3.8, 4) is 0 Å². The van der Waals surface area contributed by atoms with Crippen molar-refractivity contribution in [3.63, 3.8) is 0 Å². The number of aliphatic hydroxyl groups is 1. The van der Waals surface area contributed by atoms with Crippen LogP contribution in [0.2, 0.25) is 0 Å². The van der Waals surface area contributed by atoms with Gasteiger partial charge >= 0.3 is 0 Å². The number of hydrogen-bond acceptors (Lipinski definition) is 8. The van der Waals surface area contributed by atoms with Crippen LogP contribution in [0, 0.1) is 0 Å². The lowest BCUT2D eigenvalue weighted by atomic mass is 9.82. The molecule has 0 radical (unpaired) electrons. The fourth-order valence-corrected chi connectivity index (χ4v) is 7.05. The van der Waals surface area contributed by atoms with Crippen molar-refractivity contribution in [2.75, 3.05) is 64.9 Å². The van der Waals surface area contributed by atoms with Gasteiger partial charge in [-0.15, -0.1) is 0 Å². The SMILES string of the molecule is CCN1C(=O)C2(/C(=C(\O)c3ccc(S(=O)(=O)N4CCOCC4)cc3)C(=O)C(=O)N2CCN(C)C)c2ccccc21. The Labute approximate surface area is 233 Å². The maximum absolute atomic E-state index is 14.2. The number of rotatable bonds is 7. The zero-order valence-corrected chi connectivity index (χ0v) is 23.5. The molecule has 2 saturated heterocycles. The van der Waals surface area contributed by atoms with Crippen LogP contribution in [-0.4, -0.2) is 105 Å². The largest absolute Gasteiger partial charge is 0.507 e. The second-order valence-electron chi connectivity index (χ2n) is 10.1. The summed E-state index contributed by atoms with van der Waals surface area (Å²) in [6, 6.07) is 12.4. The monoisotopic (exact) mass is 568 g/mol. The molecule has 40 heavy (non-hydrogen) atoms. The number of fused-ring (bicyclic) bond motifs is 2. The van der Waals surface area contributed by atoms with Gasteiger partial charge in [0.15, 0.2) is 5.54 Å². The van der Waals surface area contributed by atoms with Crippen LogP contribution in [0.15, 0.2) is 59.0 Å². The summed E-state index contributed by atoms with van der Waals surface area (Å²) in [7, 11) is -0.152. The summed E-state index contributed by atoms with van der Waals surface area (Å²) < 4.78 is 32.7. The smallest absolute Gasteiger partial charge is 0.296 e. The van der Waals surface area contributed by atoms with Gasteiger partial charge in [-0.1, -0.05) is 18.2 Å². The van der Waals surface area contributed by atoms with Crippen molar-refractivity contribution in [3.05, 3.63) is 65.2 Å². The molecule has 0 aliphatic carbocycles. The highest BCUT2D eigenvalue weighted by Gasteiger charge is 2.66. The van der Waals surface area contributed by atoms with Crippen molar-refractivity contribution in [2.24, 2.45) is 0 Å². The first-order valence-corrected chi connectivity index (χ1v) is 14.5. The van der Waals surface area contributed by atoms with Gasteiger partial charge in [-0.2, -0.15) is 4.31 Å². The van der Waals surface area contributed by atoms with Crippen LogP contribution in [0.1, 0.15) is 18.1 Å². The fourth-order valence-electron chi connectivity index (χ4n) is 5.65. The summed E-state index contributed by atoms with van der Waals surface area (Å²) in [5, 5.41) is 11.6. The number of ether oxygens (including phenoxy) is 1. The first-order chi connectivity index (χ1) is 19.1. The summed E-state index contributed by atoms with van der Waals surface area (Å²) in [5.74, 6) is -2.89. The van der Waals surface area contributed by atoms with E-state index < -0.39 is 38.9 Å². The van der Waals surface area contributed by atoms with E-state index in [1.807, 2.05) is 19.0 Å². The number of aliphatic hydroxyl groups excluding tert-OH is 1. The van der Waals surface area contributed by atoms with Gasteiger partial charge in [0.1, 0.15) is 5.76 Å². The van der Waals surface area contributed by atoms with Crippen LogP contribution in [0.3, 0.4) is 0 Å². The van der Waals surface area contributed by atoms with Gasteiger partial charge in [0, 0.05) is 43.9 Å². The van der Waals surface area contributed by atoms with E-state index in [9.17, 15) is 27.9 Å². The summed E-state index contributed by atoms with van der Waals surface area (Å²) in [4.78, 5) is 45.9. The molecule has 2 aromatic carbocycles. The number of benzene rings is 2. The number of Topliss-reactive ketones (excluding diaryl/α,β-unsaturated/α-hetero) is 1. The Balaban J connectivity index is 1.66. The van der Waals surface area contributed by atoms with Crippen LogP contribution in [0.25, 0.3) is 5.76 Å². The molecule has 1 unspecified atom stereocenters. The van der Waals surface area contributed by atoms with Crippen LogP contribution >= 0.6 is 0 Å². The molecule has 1 atom stereocenters. The lowest BCUT2D eigenvalue weighted by Gasteiger charge is -2.35. The summed E-state index contributed by atoms with van der Waals surface area (Å²) in [5.41, 5.74) is -1.06. The van der Waals surface area contributed by atoms with Crippen LogP contribution in [0.5, 0.6) is 0 Å². The normalized spacial score (nSPS) is 23.1. The van der Waals surface area contributed by atoms with Crippen molar-refractivity contribution >= 4 is 39.1 Å². The maximum atomic E-state index is 14.2. The lowest BCUT2D eigenvalue weighted by molar-refractivity contribution is -0.143. The van der Waals surface area contributed by atoms with Crippen molar-refractivity contribution in [2.45, 2.75) is 17.4 Å². The minimum absolute atomic E-state index is 0.0199. The number of amides is 2. The van der Waals surface area contributed by atoms with E-state index in [1.165, 1.54) is 38.4 Å². The van der Waals surface area contributed by atoms with Gasteiger partial charge in [-0.3, -0.25) is 14.4 Å². The molecule has 2 aromatic rings. The van der Waals surface area contributed by atoms with E-state index >= 15 is 0 Å². The van der Waals surface area contributed by atoms with Crippen molar-refractivity contribution in [1.29, 1.82) is 0 Å². The van der Waals surface area contributed by atoms with E-state index in [0.717, 1.165) is 0 Å². The number of para-hydroxylation sites is 1. The predicted octanol–water partition coefficient (Wildman–Crippen LogP) is 1.21. The topological polar surface area (TPSA) is 128 Å². The highest BCUT2D eigenvalue weighted by molar-refractivity contribution is 7.89. The van der Waals surface area contributed by atoms with E-state index in [0.29, 0.717) is 37.6 Å². The molecule has 3 aliphatic rings. The third kappa shape index (κ3) is 4.14. The Morgan fingerprint density at radius 2 is 1.68 bits per heavy atom. The second kappa shape index (κ2) is 10.4. The van der Waals surface area contributed by atoms with E-state index in [4.69, 9.17) is 4.74 Å². The molecule has 3 heterocycles. The zero-order valence-electron chi connectivity index (χ0n) is 22.7. The predicted molar refractivity (Wildman–Crippen MR) is 147 cm³/mol. The Morgan fingerprint density at radius 1 is 1.02 bits per heavy atom. The number of morpholine rings is 1. The molecule has 3 aliphatic heterocycles. The molecule has 1 spiro atoms. The fraction of sp³-hybridized carbons (Fsp3) is 0.393. The molecule has 0 saturated carbocycles. The van der Waals surface area contributed by atoms with Crippen LogP contribution < -0.4 is 4.90 Å². The molecule has 5 rings (SSSR count). The minimum atomic E-state index is -3.79. The Kier molecular flexibility index (Phi) is 7.29. The summed E-state index contributed by atoms with van der Waals surface area (Å²) >= 11 is 0. The molecule has 0 aromatic heterocycles. The third-order valence-electron chi connectivity index (χ3n) is 7.63. The number of likely N-dealkylation sites (tertiary alicyclic amines) is 1. The number of anilines is 1. The van der Waals surface area contributed by atoms with E-state index in [1.54, 1.807) is 31.2 Å². The van der Waals surface area contributed by atoms with Gasteiger partial charge in [-0.05, 0) is 51.4 Å². The average molecular weight is 569 g/mol. The first-order valence-electron chi connectivity index (χ1n) is 13.1. The van der Waals surface area contributed by atoms with Crippen LogP contribution in [-0.2, 0) is 34.7 Å². The van der Waals surface area contributed by atoms with Gasteiger partial charge in [0.05, 0.1) is 29.4 Å². The minimum Gasteiger partial charge on any atom is -0.507 e. The quantitative estimate of drug-likeness (QED) is 0.300. The van der Waals surface area contributed by atoms with E-state index in [-0.39, 0.29) is 35.7 Å². The molecular weight excluding hydrogens is 536 g/mol. The van der Waals surface area contributed by atoms with Gasteiger partial charge in [-0.25, -0.2) is 8.42 Å². The number of likely N-dealkylation sites (N-methyl/N-ethyl adjacent to an activating group) is 2. The summed E-state index contributed by atoms with van der Waals surface area (Å²) in [6.07, 6.45) is 0. The highest BCUT2D eigenvalue weighted by atomic mass is 32.2. The molecule has 2 fully saturated rings. The number of carbonyl (C=O) groups excluding carboxylic acids is 3. The maximum Gasteiger partial charge on any atom is 0.296 e. The number of hydrogen-bond donors (Lipinski definition) is 1. The number of sulfonamides is 1. The molecule has 2 amide bonds. The number of ketones is 1. The third-order valence-corrected chi connectivity index (χ3v) is 9.54. The van der Waals surface area contributed by atoms with Crippen LogP contribution in [0.4, 0.5) is 5.69 Å². The Hall–Kier alpha value is -3.58. The second-order valence-corrected chi connectivity index (χ2v) is 12.1. The lowest BCUT2D eigenvalue weighted by Crippen LogP contribution is -2.53. The Morgan fingerprint density at radius 3 is 2.30 bits per heavy atom. The number of nitrogens with zero attached hydrogens (tertiary/aromatic N) is 4. The molecule has 12 heteroatoms. The number of carbonyl (C=O) groups is 3. The zero-order chi connectivity index (χ0) is 28.8. The summed E-state index contributed by atoms with van der Waals surface area (Å²) in [6.45, 7) is 3.62. The average Bonchev–Trinajstić information content (AvgIpc) is 3.34. The first kappa shape index (κ1) is 28.0. The van der Waals surface area contributed by atoms with Gasteiger partial charge < -0.3 is 24.5 Å². The van der Waals surface area contributed by atoms with Crippen molar-refractivity contribution in [1.82, 2.24) is 14.1 Å². The molecular formula is C28H32N4O7S. The molecule has 1 N–H and O–H groups in total. The standard InChI is InChI=1S/C28H32N4O7S/c1-4-31-22-8-6-5-7-21(22)28(27(31)36)23(25(34)26(35)32(28)14-13-29(2)3)24(33)19-9-11-20(12-10-19)40(37,38)30-15-17-39-18-16-30/h5-12,33H,4,13-18H2,1-3H3/b24-23-.